The Morgan fingerprint density at radius 1 is 0.893 bits per heavy atom. The van der Waals surface area contributed by atoms with Gasteiger partial charge in [-0.1, -0.05) is 47.1 Å². The highest BCUT2D eigenvalue weighted by Gasteiger charge is 2.16. The van der Waals surface area contributed by atoms with Crippen LogP contribution in [0.5, 0.6) is 17.2 Å². The van der Waals surface area contributed by atoms with E-state index in [1.807, 2.05) is 30.3 Å². The summed E-state index contributed by atoms with van der Waals surface area (Å²) in [6.07, 6.45) is 0.656. The van der Waals surface area contributed by atoms with Crippen molar-refractivity contribution in [3.8, 4) is 17.2 Å². The maximum Gasteiger partial charge on any atom is 0.374 e. The molecule has 0 heterocycles. The molecule has 0 saturated heterocycles. The third-order valence-corrected chi connectivity index (χ3v) is 3.91. The van der Waals surface area contributed by atoms with E-state index in [9.17, 15) is 4.79 Å². The first-order valence-electron chi connectivity index (χ1n) is 8.59. The van der Waals surface area contributed by atoms with Crippen LogP contribution in [0.1, 0.15) is 12.5 Å². The van der Waals surface area contributed by atoms with Crippen LogP contribution in [0.3, 0.4) is 0 Å². The molecule has 0 fully saturated rings. The van der Waals surface area contributed by atoms with Gasteiger partial charge in [-0.25, -0.2) is 4.79 Å². The molecule has 3 rings (SSSR count). The molecule has 1 unspecified atom stereocenters. The first-order chi connectivity index (χ1) is 13.6. The molecule has 6 heteroatoms. The highest BCUT2D eigenvalue weighted by Crippen LogP contribution is 2.25. The molecule has 3 aromatic carbocycles. The summed E-state index contributed by atoms with van der Waals surface area (Å²) in [5.41, 5.74) is 0.833. The molecule has 0 saturated carbocycles. The van der Waals surface area contributed by atoms with Crippen LogP contribution in [0.25, 0.3) is 0 Å². The van der Waals surface area contributed by atoms with Crippen molar-refractivity contribution in [1.82, 2.24) is 0 Å². The predicted molar refractivity (Wildman–Crippen MR) is 108 cm³/mol. The molecule has 0 N–H and O–H groups in total. The molecule has 142 valence electrons. The first-order valence-corrected chi connectivity index (χ1v) is 8.97. The Hall–Kier alpha value is -3.31. The Bertz CT molecular complexity index is 925. The molecule has 0 aliphatic heterocycles. The highest BCUT2D eigenvalue weighted by atomic mass is 35.5. The molecular formula is C22H18ClNO4. The number of nitrogens with zero attached hydrogens (tertiary/aromatic N) is 1. The molecule has 0 spiro atoms. The number of hydrogen-bond donors (Lipinski definition) is 0. The lowest BCUT2D eigenvalue weighted by Crippen LogP contribution is -2.24. The van der Waals surface area contributed by atoms with Crippen molar-refractivity contribution in [3.05, 3.63) is 89.4 Å². The van der Waals surface area contributed by atoms with Gasteiger partial charge < -0.3 is 14.3 Å². The van der Waals surface area contributed by atoms with Gasteiger partial charge in [-0.15, -0.1) is 0 Å². The number of ether oxygens (including phenoxy) is 2. The maximum atomic E-state index is 12.0. The number of benzene rings is 3. The fraction of sp³-hybridized carbons (Fsp3) is 0.0909. The van der Waals surface area contributed by atoms with Crippen LogP contribution in [-0.4, -0.2) is 18.3 Å². The maximum absolute atomic E-state index is 12.0. The molecule has 3 aromatic rings. The van der Waals surface area contributed by atoms with Crippen LogP contribution in [0.4, 0.5) is 0 Å². The second-order valence-electron chi connectivity index (χ2n) is 5.84. The average molecular weight is 396 g/mol. The second kappa shape index (κ2) is 9.58. The minimum atomic E-state index is -0.809. The van der Waals surface area contributed by atoms with Gasteiger partial charge in [-0.2, -0.15) is 0 Å². The van der Waals surface area contributed by atoms with Crippen LogP contribution in [0.15, 0.2) is 84.0 Å². The number of carbonyl (C=O) groups excluding carboxylic acids is 1. The third-order valence-electron chi connectivity index (χ3n) is 3.66. The zero-order chi connectivity index (χ0) is 19.8. The van der Waals surface area contributed by atoms with Gasteiger partial charge in [0.1, 0.15) is 17.2 Å². The molecule has 0 aliphatic carbocycles. The van der Waals surface area contributed by atoms with E-state index in [1.54, 1.807) is 55.5 Å². The summed E-state index contributed by atoms with van der Waals surface area (Å²) in [5, 5.41) is 4.33. The summed E-state index contributed by atoms with van der Waals surface area (Å²) >= 11 is 5.85. The van der Waals surface area contributed by atoms with Crippen molar-refractivity contribution in [2.75, 3.05) is 0 Å². The zero-order valence-electron chi connectivity index (χ0n) is 15.1. The van der Waals surface area contributed by atoms with Gasteiger partial charge in [0.05, 0.1) is 6.21 Å². The monoisotopic (exact) mass is 395 g/mol. The minimum Gasteiger partial charge on any atom is -0.479 e. The van der Waals surface area contributed by atoms with Gasteiger partial charge in [-0.3, -0.25) is 0 Å². The van der Waals surface area contributed by atoms with Crippen LogP contribution in [0, 0.1) is 0 Å². The summed E-state index contributed by atoms with van der Waals surface area (Å²) in [6.45, 7) is 1.60. The number of hydrogen-bond acceptors (Lipinski definition) is 5. The van der Waals surface area contributed by atoms with E-state index in [2.05, 4.69) is 5.16 Å². The van der Waals surface area contributed by atoms with E-state index in [0.29, 0.717) is 22.3 Å². The molecule has 28 heavy (non-hydrogen) atoms. The number of rotatable bonds is 7. The fourth-order valence-corrected chi connectivity index (χ4v) is 2.36. The summed E-state index contributed by atoms with van der Waals surface area (Å²) in [7, 11) is 0. The molecule has 0 amide bonds. The smallest absolute Gasteiger partial charge is 0.374 e. The summed E-state index contributed by atoms with van der Waals surface area (Å²) < 4.78 is 11.3. The number of oxime groups is 1. The van der Waals surface area contributed by atoms with Gasteiger partial charge >= 0.3 is 5.97 Å². The molecular weight excluding hydrogens is 378 g/mol. The standard InChI is InChI=1S/C22H18ClNO4/c1-16(22(25)28-24-15-17-5-3-2-4-6-17)26-19-11-13-21(14-12-19)27-20-9-7-18(23)8-10-20/h2-16H,1H3. The number of halogens is 1. The highest BCUT2D eigenvalue weighted by molar-refractivity contribution is 6.30. The van der Waals surface area contributed by atoms with Crippen LogP contribution >= 0.6 is 11.6 Å². The lowest BCUT2D eigenvalue weighted by molar-refractivity contribution is -0.151. The number of carbonyl (C=O) groups is 1. The van der Waals surface area contributed by atoms with Gasteiger partial charge in [0, 0.05) is 5.02 Å². The lowest BCUT2D eigenvalue weighted by atomic mass is 10.2. The summed E-state index contributed by atoms with van der Waals surface area (Å²) in [6, 6.07) is 23.3. The third kappa shape index (κ3) is 5.86. The molecule has 0 bridgehead atoms. The van der Waals surface area contributed by atoms with E-state index in [0.717, 1.165) is 5.56 Å². The SMILES string of the molecule is CC(Oc1ccc(Oc2ccc(Cl)cc2)cc1)C(=O)ON=Cc1ccccc1. The molecule has 0 radical (unpaired) electrons. The van der Waals surface area contributed by atoms with Crippen LogP contribution in [-0.2, 0) is 9.63 Å². The van der Waals surface area contributed by atoms with Gasteiger partial charge in [0.25, 0.3) is 0 Å². The van der Waals surface area contributed by atoms with Crippen molar-refractivity contribution in [2.45, 2.75) is 13.0 Å². The summed E-state index contributed by atoms with van der Waals surface area (Å²) in [5.74, 6) is 1.23. The fourth-order valence-electron chi connectivity index (χ4n) is 2.23. The lowest BCUT2D eigenvalue weighted by Gasteiger charge is -2.12. The Labute approximate surface area is 168 Å². The normalized spacial score (nSPS) is 11.8. The topological polar surface area (TPSA) is 57.1 Å². The molecule has 5 nitrogen and oxygen atoms in total. The van der Waals surface area contributed by atoms with Gasteiger partial charge in [-0.05, 0) is 61.0 Å². The first kappa shape index (κ1) is 19.5. The van der Waals surface area contributed by atoms with Crippen molar-refractivity contribution in [2.24, 2.45) is 5.16 Å². The largest absolute Gasteiger partial charge is 0.479 e. The Balaban J connectivity index is 1.50. The zero-order valence-corrected chi connectivity index (χ0v) is 15.9. The van der Waals surface area contributed by atoms with E-state index in [4.69, 9.17) is 25.9 Å². The Kier molecular flexibility index (Phi) is 6.65. The van der Waals surface area contributed by atoms with Gasteiger partial charge in [0.15, 0.2) is 6.10 Å². The van der Waals surface area contributed by atoms with Crippen molar-refractivity contribution >= 4 is 23.8 Å². The van der Waals surface area contributed by atoms with Crippen molar-refractivity contribution in [3.63, 3.8) is 0 Å². The van der Waals surface area contributed by atoms with Crippen LogP contribution < -0.4 is 9.47 Å². The Morgan fingerprint density at radius 3 is 2.11 bits per heavy atom. The van der Waals surface area contributed by atoms with Gasteiger partial charge in [0.2, 0.25) is 0 Å². The summed E-state index contributed by atoms with van der Waals surface area (Å²) in [4.78, 5) is 16.8. The van der Waals surface area contributed by atoms with E-state index >= 15 is 0 Å². The average Bonchev–Trinajstić information content (AvgIpc) is 2.72. The quantitative estimate of drug-likeness (QED) is 0.302. The van der Waals surface area contributed by atoms with Crippen LogP contribution in [0.2, 0.25) is 5.02 Å². The molecule has 1 atom stereocenters. The predicted octanol–water partition coefficient (Wildman–Crippen LogP) is 5.48. The molecule has 0 aliphatic rings. The molecule has 0 aromatic heterocycles. The van der Waals surface area contributed by atoms with Crippen molar-refractivity contribution < 1.29 is 19.1 Å². The second-order valence-corrected chi connectivity index (χ2v) is 6.28. The Morgan fingerprint density at radius 2 is 1.46 bits per heavy atom. The van der Waals surface area contributed by atoms with E-state index in [1.165, 1.54) is 6.21 Å². The van der Waals surface area contributed by atoms with E-state index < -0.39 is 12.1 Å². The minimum absolute atomic E-state index is 0.514. The van der Waals surface area contributed by atoms with E-state index in [-0.39, 0.29) is 0 Å². The van der Waals surface area contributed by atoms with Crippen molar-refractivity contribution in [1.29, 1.82) is 0 Å².